The number of nitrogens with zero attached hydrogens (tertiary/aromatic N) is 3. The first-order valence-electron chi connectivity index (χ1n) is 6.77. The van der Waals surface area contributed by atoms with Crippen LogP contribution in [0.25, 0.3) is 10.8 Å². The Hall–Kier alpha value is -2.43. The molecule has 128 valence electrons. The molecule has 2 heterocycles. The van der Waals surface area contributed by atoms with E-state index in [4.69, 9.17) is 16.0 Å². The molecule has 0 atom stereocenters. The van der Waals surface area contributed by atoms with Gasteiger partial charge in [0.25, 0.3) is 16.8 Å². The molecule has 1 amide bonds. The third kappa shape index (κ3) is 4.35. The van der Waals surface area contributed by atoms with Gasteiger partial charge in [-0.1, -0.05) is 29.4 Å². The molecule has 0 aliphatic carbocycles. The van der Waals surface area contributed by atoms with Crippen LogP contribution in [0.15, 0.2) is 45.4 Å². The number of carbonyl (C=O) groups excluding carboxylic acids is 1. The minimum atomic E-state index is -0.611. The Balaban J connectivity index is 1.61. The van der Waals surface area contributed by atoms with E-state index in [1.165, 1.54) is 29.5 Å². The SMILES string of the molecule is O=C(CSc1nnc(-c2cccs2)o1)Nc1ccc(Cl)cc1[N+](=O)[O-]. The smallest absolute Gasteiger partial charge is 0.294 e. The maximum absolute atomic E-state index is 12.0. The summed E-state index contributed by atoms with van der Waals surface area (Å²) in [6.07, 6.45) is 0. The molecule has 0 unspecified atom stereocenters. The summed E-state index contributed by atoms with van der Waals surface area (Å²) in [6.45, 7) is 0. The number of nitro groups is 1. The van der Waals surface area contributed by atoms with Crippen molar-refractivity contribution in [3.05, 3.63) is 50.8 Å². The number of halogens is 1. The number of nitrogens with one attached hydrogen (secondary N) is 1. The predicted octanol–water partition coefficient (Wildman–Crippen LogP) is 4.09. The number of carbonyl (C=O) groups is 1. The largest absolute Gasteiger partial charge is 0.410 e. The lowest BCUT2D eigenvalue weighted by molar-refractivity contribution is -0.383. The zero-order valence-corrected chi connectivity index (χ0v) is 14.7. The molecule has 0 fully saturated rings. The van der Waals surface area contributed by atoms with E-state index in [1.807, 2.05) is 17.5 Å². The predicted molar refractivity (Wildman–Crippen MR) is 95.1 cm³/mol. The lowest BCUT2D eigenvalue weighted by Gasteiger charge is -2.05. The van der Waals surface area contributed by atoms with Crippen molar-refractivity contribution in [3.63, 3.8) is 0 Å². The van der Waals surface area contributed by atoms with Gasteiger partial charge in [0.1, 0.15) is 5.69 Å². The molecule has 0 aliphatic rings. The van der Waals surface area contributed by atoms with E-state index in [1.54, 1.807) is 0 Å². The van der Waals surface area contributed by atoms with Gasteiger partial charge in [-0.3, -0.25) is 14.9 Å². The van der Waals surface area contributed by atoms with Crippen LogP contribution in [0.3, 0.4) is 0 Å². The van der Waals surface area contributed by atoms with Crippen molar-refractivity contribution in [3.8, 4) is 10.8 Å². The summed E-state index contributed by atoms with van der Waals surface area (Å²) in [5.74, 6) is -0.0937. The summed E-state index contributed by atoms with van der Waals surface area (Å²) in [4.78, 5) is 23.2. The van der Waals surface area contributed by atoms with Gasteiger partial charge in [-0.2, -0.15) is 0 Å². The number of hydrogen-bond acceptors (Lipinski definition) is 8. The summed E-state index contributed by atoms with van der Waals surface area (Å²) in [5.41, 5.74) is -0.201. The molecule has 0 spiro atoms. The number of anilines is 1. The summed E-state index contributed by atoms with van der Waals surface area (Å²) in [6, 6.07) is 7.73. The van der Waals surface area contributed by atoms with Gasteiger partial charge in [-0.05, 0) is 23.6 Å². The highest BCUT2D eigenvalue weighted by Gasteiger charge is 2.17. The number of hydrogen-bond donors (Lipinski definition) is 1. The maximum atomic E-state index is 12.0. The van der Waals surface area contributed by atoms with Gasteiger partial charge < -0.3 is 9.73 Å². The van der Waals surface area contributed by atoms with E-state index in [0.717, 1.165) is 16.6 Å². The van der Waals surface area contributed by atoms with Crippen LogP contribution in [0.1, 0.15) is 0 Å². The Morgan fingerprint density at radius 3 is 2.96 bits per heavy atom. The minimum Gasteiger partial charge on any atom is -0.410 e. The van der Waals surface area contributed by atoms with E-state index in [0.29, 0.717) is 5.89 Å². The minimum absolute atomic E-state index is 0.0359. The molecule has 0 saturated carbocycles. The van der Waals surface area contributed by atoms with Crippen LogP contribution in [0.2, 0.25) is 5.02 Å². The number of nitro benzene ring substituents is 1. The van der Waals surface area contributed by atoms with Crippen LogP contribution in [-0.4, -0.2) is 26.8 Å². The fourth-order valence-corrected chi connectivity index (χ4v) is 3.22. The van der Waals surface area contributed by atoms with Crippen LogP contribution in [0.5, 0.6) is 0 Å². The van der Waals surface area contributed by atoms with Crippen molar-refractivity contribution in [2.75, 3.05) is 11.1 Å². The third-order valence-corrected chi connectivity index (χ3v) is 4.81. The molecule has 25 heavy (non-hydrogen) atoms. The third-order valence-electron chi connectivity index (χ3n) is 2.90. The summed E-state index contributed by atoms with van der Waals surface area (Å²) in [5, 5.41) is 23.6. The molecule has 8 nitrogen and oxygen atoms in total. The molecular formula is C14H9ClN4O4S2. The van der Waals surface area contributed by atoms with Gasteiger partial charge in [0.2, 0.25) is 5.91 Å². The van der Waals surface area contributed by atoms with E-state index < -0.39 is 10.8 Å². The van der Waals surface area contributed by atoms with Gasteiger partial charge >= 0.3 is 0 Å². The molecule has 0 radical (unpaired) electrons. The number of thiophene rings is 1. The van der Waals surface area contributed by atoms with Crippen molar-refractivity contribution >= 4 is 52.0 Å². The monoisotopic (exact) mass is 396 g/mol. The van der Waals surface area contributed by atoms with Gasteiger partial charge in [0, 0.05) is 11.1 Å². The standard InChI is InChI=1S/C14H9ClN4O4S2/c15-8-3-4-9(10(6-8)19(21)22)16-12(20)7-25-14-18-17-13(23-14)11-2-1-5-24-11/h1-6H,7H2,(H,16,20). The normalized spacial score (nSPS) is 10.6. The van der Waals surface area contributed by atoms with Crippen molar-refractivity contribution in [2.45, 2.75) is 5.22 Å². The molecule has 3 rings (SSSR count). The fraction of sp³-hybridized carbons (Fsp3) is 0.0714. The molecule has 11 heteroatoms. The lowest BCUT2D eigenvalue weighted by atomic mass is 10.2. The number of amides is 1. The Kier molecular flexibility index (Phi) is 5.31. The van der Waals surface area contributed by atoms with E-state index >= 15 is 0 Å². The average Bonchev–Trinajstić information content (AvgIpc) is 3.25. The van der Waals surface area contributed by atoms with Crippen LogP contribution in [0.4, 0.5) is 11.4 Å². The fourth-order valence-electron chi connectivity index (χ4n) is 1.84. The van der Waals surface area contributed by atoms with E-state index in [2.05, 4.69) is 15.5 Å². The average molecular weight is 397 g/mol. The van der Waals surface area contributed by atoms with E-state index in [-0.39, 0.29) is 27.4 Å². The summed E-state index contributed by atoms with van der Waals surface area (Å²) < 4.78 is 5.45. The van der Waals surface area contributed by atoms with Gasteiger partial charge in [0.15, 0.2) is 0 Å². The molecule has 1 aromatic carbocycles. The van der Waals surface area contributed by atoms with Crippen LogP contribution in [-0.2, 0) is 4.79 Å². The van der Waals surface area contributed by atoms with Crippen molar-refractivity contribution < 1.29 is 14.1 Å². The van der Waals surface area contributed by atoms with Crippen LogP contribution < -0.4 is 5.32 Å². The second-order valence-corrected chi connectivity index (χ2v) is 6.92. The molecule has 0 aliphatic heterocycles. The van der Waals surface area contributed by atoms with Crippen LogP contribution >= 0.6 is 34.7 Å². The van der Waals surface area contributed by atoms with Crippen molar-refractivity contribution in [2.24, 2.45) is 0 Å². The highest BCUT2D eigenvalue weighted by Crippen LogP contribution is 2.29. The van der Waals surface area contributed by atoms with Crippen molar-refractivity contribution in [1.29, 1.82) is 0 Å². The maximum Gasteiger partial charge on any atom is 0.294 e. The number of benzene rings is 1. The Morgan fingerprint density at radius 1 is 1.40 bits per heavy atom. The topological polar surface area (TPSA) is 111 Å². The highest BCUT2D eigenvalue weighted by molar-refractivity contribution is 7.99. The van der Waals surface area contributed by atoms with Crippen molar-refractivity contribution in [1.82, 2.24) is 10.2 Å². The Labute approximate surface area is 154 Å². The molecule has 0 bridgehead atoms. The molecule has 3 aromatic rings. The Bertz CT molecular complexity index is 913. The van der Waals surface area contributed by atoms with E-state index in [9.17, 15) is 14.9 Å². The quantitative estimate of drug-likeness (QED) is 0.379. The highest BCUT2D eigenvalue weighted by atomic mass is 35.5. The number of thioether (sulfide) groups is 1. The zero-order valence-electron chi connectivity index (χ0n) is 12.3. The summed E-state index contributed by atoms with van der Waals surface area (Å²) in [7, 11) is 0. The van der Waals surface area contributed by atoms with Gasteiger partial charge in [-0.15, -0.1) is 21.5 Å². The number of aromatic nitrogens is 2. The number of rotatable bonds is 6. The second kappa shape index (κ2) is 7.64. The Morgan fingerprint density at radius 2 is 2.24 bits per heavy atom. The zero-order chi connectivity index (χ0) is 17.8. The second-order valence-electron chi connectivity index (χ2n) is 4.61. The van der Waals surface area contributed by atoms with Gasteiger partial charge in [-0.25, -0.2) is 0 Å². The molecular weight excluding hydrogens is 388 g/mol. The molecule has 1 N–H and O–H groups in total. The first kappa shape index (κ1) is 17.4. The van der Waals surface area contributed by atoms with Crippen LogP contribution in [0, 0.1) is 10.1 Å². The first-order chi connectivity index (χ1) is 12.0. The first-order valence-corrected chi connectivity index (χ1v) is 9.01. The lowest BCUT2D eigenvalue weighted by Crippen LogP contribution is -2.15. The van der Waals surface area contributed by atoms with Gasteiger partial charge in [0.05, 0.1) is 15.6 Å². The molecule has 0 saturated heterocycles. The summed E-state index contributed by atoms with van der Waals surface area (Å²) >= 11 is 8.24. The molecule has 2 aromatic heterocycles.